The molecular formula is C21H20ClN5O. The number of para-hydroxylation sites is 1. The molecule has 2 N–H and O–H groups in total. The molecule has 142 valence electrons. The van der Waals surface area contributed by atoms with Crippen molar-refractivity contribution in [2.75, 3.05) is 28.6 Å². The molecule has 2 heterocycles. The minimum atomic E-state index is -0.311. The summed E-state index contributed by atoms with van der Waals surface area (Å²) in [6, 6.07) is 15.3. The molecule has 0 aliphatic carbocycles. The number of nitrogens with one attached hydrogen (secondary N) is 2. The average Bonchev–Trinajstić information content (AvgIpc) is 3.26. The summed E-state index contributed by atoms with van der Waals surface area (Å²) < 4.78 is 0. The topological polar surface area (TPSA) is 70.2 Å². The molecule has 1 fully saturated rings. The molecule has 4 rings (SSSR count). The first-order valence-corrected chi connectivity index (χ1v) is 9.57. The summed E-state index contributed by atoms with van der Waals surface area (Å²) in [5.41, 5.74) is 3.04. The van der Waals surface area contributed by atoms with E-state index >= 15 is 0 Å². The predicted octanol–water partition coefficient (Wildman–Crippen LogP) is 4.73. The second-order valence-electron chi connectivity index (χ2n) is 6.60. The maximum absolute atomic E-state index is 12.3. The zero-order valence-electron chi connectivity index (χ0n) is 15.2. The number of nitrogens with zero attached hydrogens (tertiary/aromatic N) is 3. The lowest BCUT2D eigenvalue weighted by atomic mass is 10.2. The van der Waals surface area contributed by atoms with Crippen LogP contribution < -0.4 is 15.5 Å². The number of hydrogen-bond donors (Lipinski definition) is 2. The van der Waals surface area contributed by atoms with Crippen LogP contribution in [-0.2, 0) is 0 Å². The fourth-order valence-corrected chi connectivity index (χ4v) is 3.31. The normalized spacial score (nSPS) is 13.4. The fourth-order valence-electron chi connectivity index (χ4n) is 3.13. The maximum atomic E-state index is 12.3. The molecule has 1 aromatic heterocycles. The lowest BCUT2D eigenvalue weighted by molar-refractivity contribution is 0.102. The van der Waals surface area contributed by atoms with Crippen molar-refractivity contribution in [1.29, 1.82) is 0 Å². The van der Waals surface area contributed by atoms with Crippen molar-refractivity contribution >= 4 is 40.5 Å². The summed E-state index contributed by atoms with van der Waals surface area (Å²) in [4.78, 5) is 23.2. The molecule has 0 spiro atoms. The third-order valence-corrected chi connectivity index (χ3v) is 4.96. The Hall–Kier alpha value is -3.12. The highest BCUT2D eigenvalue weighted by atomic mass is 35.5. The van der Waals surface area contributed by atoms with Crippen molar-refractivity contribution in [3.8, 4) is 0 Å². The molecule has 7 heteroatoms. The van der Waals surface area contributed by atoms with Crippen LogP contribution in [0.4, 0.5) is 23.0 Å². The number of anilines is 4. The third kappa shape index (κ3) is 4.23. The highest BCUT2D eigenvalue weighted by Gasteiger charge is 2.12. The zero-order chi connectivity index (χ0) is 19.3. The van der Waals surface area contributed by atoms with Crippen molar-refractivity contribution in [3.63, 3.8) is 0 Å². The van der Waals surface area contributed by atoms with Crippen molar-refractivity contribution < 1.29 is 4.79 Å². The molecule has 1 aliphatic rings. The van der Waals surface area contributed by atoms with Crippen LogP contribution in [0.5, 0.6) is 0 Å². The van der Waals surface area contributed by atoms with E-state index in [4.69, 9.17) is 11.6 Å². The van der Waals surface area contributed by atoms with E-state index in [9.17, 15) is 4.79 Å². The van der Waals surface area contributed by atoms with Crippen molar-refractivity contribution in [1.82, 2.24) is 9.97 Å². The standard InChI is InChI=1S/C21H20ClN5O/c22-18-5-1-2-6-19(18)26-20(28)15-13-23-21(24-14-15)25-16-7-9-17(10-8-16)27-11-3-4-12-27/h1-2,5-10,13-14H,3-4,11-12H2,(H,26,28)(H,23,24,25). The number of carbonyl (C=O) groups is 1. The van der Waals surface area contributed by atoms with Crippen molar-refractivity contribution in [2.45, 2.75) is 12.8 Å². The van der Waals surface area contributed by atoms with Crippen LogP contribution in [0.1, 0.15) is 23.2 Å². The first-order valence-electron chi connectivity index (χ1n) is 9.19. The van der Waals surface area contributed by atoms with Gasteiger partial charge in [0.05, 0.1) is 16.3 Å². The smallest absolute Gasteiger partial charge is 0.258 e. The molecular weight excluding hydrogens is 374 g/mol. The van der Waals surface area contributed by atoms with E-state index in [0.29, 0.717) is 22.2 Å². The van der Waals surface area contributed by atoms with Crippen LogP contribution in [0, 0.1) is 0 Å². The van der Waals surface area contributed by atoms with Crippen LogP contribution >= 0.6 is 11.6 Å². The van der Waals surface area contributed by atoms with Gasteiger partial charge < -0.3 is 15.5 Å². The molecule has 0 atom stereocenters. The summed E-state index contributed by atoms with van der Waals surface area (Å²) in [6.07, 6.45) is 5.48. The van der Waals surface area contributed by atoms with E-state index in [1.165, 1.54) is 30.9 Å². The zero-order valence-corrected chi connectivity index (χ0v) is 16.0. The molecule has 1 aliphatic heterocycles. The van der Waals surface area contributed by atoms with Crippen LogP contribution in [0.15, 0.2) is 60.9 Å². The summed E-state index contributed by atoms with van der Waals surface area (Å²) in [5, 5.41) is 6.38. The SMILES string of the molecule is O=C(Nc1ccccc1Cl)c1cnc(Nc2ccc(N3CCCC3)cc2)nc1. The Bertz CT molecular complexity index is 953. The van der Waals surface area contributed by atoms with Gasteiger partial charge in [-0.3, -0.25) is 4.79 Å². The van der Waals surface area contributed by atoms with Gasteiger partial charge in [-0.25, -0.2) is 9.97 Å². The summed E-state index contributed by atoms with van der Waals surface area (Å²) >= 11 is 6.06. The Balaban J connectivity index is 1.39. The van der Waals surface area contributed by atoms with Gasteiger partial charge in [-0.15, -0.1) is 0 Å². The number of rotatable bonds is 5. The first-order chi connectivity index (χ1) is 13.7. The number of aromatic nitrogens is 2. The first kappa shape index (κ1) is 18.3. The molecule has 0 saturated carbocycles. The van der Waals surface area contributed by atoms with Gasteiger partial charge in [-0.2, -0.15) is 0 Å². The van der Waals surface area contributed by atoms with Gasteiger partial charge in [0.15, 0.2) is 0 Å². The summed E-state index contributed by atoms with van der Waals surface area (Å²) in [5.74, 6) is 0.123. The number of amides is 1. The predicted molar refractivity (Wildman–Crippen MR) is 113 cm³/mol. The Labute approximate surface area is 168 Å². The molecule has 1 amide bonds. The van der Waals surface area contributed by atoms with Crippen LogP contribution in [0.25, 0.3) is 0 Å². The van der Waals surface area contributed by atoms with Crippen molar-refractivity contribution in [3.05, 3.63) is 71.5 Å². The number of carbonyl (C=O) groups excluding carboxylic acids is 1. The monoisotopic (exact) mass is 393 g/mol. The van der Waals surface area contributed by atoms with Gasteiger partial charge in [0.1, 0.15) is 0 Å². The Morgan fingerprint density at radius 1 is 0.964 bits per heavy atom. The second-order valence-corrected chi connectivity index (χ2v) is 7.00. The Morgan fingerprint density at radius 3 is 2.32 bits per heavy atom. The molecule has 6 nitrogen and oxygen atoms in total. The summed E-state index contributed by atoms with van der Waals surface area (Å²) in [7, 11) is 0. The van der Waals surface area contributed by atoms with Gasteiger partial charge >= 0.3 is 0 Å². The maximum Gasteiger partial charge on any atom is 0.258 e. The number of halogens is 1. The van der Waals surface area contributed by atoms with Gasteiger partial charge in [-0.1, -0.05) is 23.7 Å². The summed E-state index contributed by atoms with van der Waals surface area (Å²) in [6.45, 7) is 2.24. The van der Waals surface area contributed by atoms with E-state index in [1.807, 2.05) is 12.1 Å². The molecule has 0 bridgehead atoms. The van der Waals surface area contributed by atoms with Gasteiger partial charge in [0, 0.05) is 36.9 Å². The Morgan fingerprint density at radius 2 is 1.64 bits per heavy atom. The highest BCUT2D eigenvalue weighted by molar-refractivity contribution is 6.33. The molecule has 1 saturated heterocycles. The largest absolute Gasteiger partial charge is 0.372 e. The van der Waals surface area contributed by atoms with Crippen LogP contribution in [-0.4, -0.2) is 29.0 Å². The third-order valence-electron chi connectivity index (χ3n) is 4.63. The molecule has 3 aromatic rings. The van der Waals surface area contributed by atoms with Crippen LogP contribution in [0.2, 0.25) is 5.02 Å². The molecule has 0 radical (unpaired) electrons. The quantitative estimate of drug-likeness (QED) is 0.656. The van der Waals surface area contributed by atoms with Crippen LogP contribution in [0.3, 0.4) is 0 Å². The molecule has 2 aromatic carbocycles. The van der Waals surface area contributed by atoms with Gasteiger partial charge in [-0.05, 0) is 49.2 Å². The lowest BCUT2D eigenvalue weighted by Crippen LogP contribution is -2.17. The van der Waals surface area contributed by atoms with E-state index < -0.39 is 0 Å². The Kier molecular flexibility index (Phi) is 5.39. The number of benzene rings is 2. The fraction of sp³-hybridized carbons (Fsp3) is 0.190. The minimum absolute atomic E-state index is 0.311. The van der Waals surface area contributed by atoms with Gasteiger partial charge in [0.2, 0.25) is 5.95 Å². The van der Waals surface area contributed by atoms with E-state index in [-0.39, 0.29) is 5.91 Å². The molecule has 0 unspecified atom stereocenters. The van der Waals surface area contributed by atoms with Crippen molar-refractivity contribution in [2.24, 2.45) is 0 Å². The van der Waals surface area contributed by atoms with Gasteiger partial charge in [0.25, 0.3) is 5.91 Å². The lowest BCUT2D eigenvalue weighted by Gasteiger charge is -2.17. The van der Waals surface area contributed by atoms with E-state index in [1.54, 1.807) is 24.3 Å². The van der Waals surface area contributed by atoms with E-state index in [2.05, 4.69) is 37.6 Å². The molecule has 28 heavy (non-hydrogen) atoms. The van der Waals surface area contributed by atoms with E-state index in [0.717, 1.165) is 18.8 Å². The minimum Gasteiger partial charge on any atom is -0.372 e. The highest BCUT2D eigenvalue weighted by Crippen LogP contribution is 2.23. The second kappa shape index (κ2) is 8.27. The average molecular weight is 394 g/mol. The number of hydrogen-bond acceptors (Lipinski definition) is 5.